The number of nitrogens with two attached hydrogens (primary N) is 1. The standard InChI is InChI=1S/C13H17N5O/c14-12-7-2-1-6-11(12)13-15-16-17-18(13)9-10-5-3-4-8-19-10/h1-2,6-7,10H,3-5,8-9,14H2. The van der Waals surface area contributed by atoms with Crippen LogP contribution in [0.2, 0.25) is 0 Å². The molecule has 1 aliphatic heterocycles. The fourth-order valence-corrected chi connectivity index (χ4v) is 2.37. The zero-order chi connectivity index (χ0) is 13.1. The molecule has 1 aliphatic rings. The first-order valence-corrected chi connectivity index (χ1v) is 6.57. The minimum absolute atomic E-state index is 0.195. The van der Waals surface area contributed by atoms with Gasteiger partial charge in [-0.15, -0.1) is 5.10 Å². The van der Waals surface area contributed by atoms with Crippen molar-refractivity contribution in [1.29, 1.82) is 0 Å². The first-order valence-electron chi connectivity index (χ1n) is 6.57. The van der Waals surface area contributed by atoms with Crippen molar-refractivity contribution in [2.45, 2.75) is 31.9 Å². The van der Waals surface area contributed by atoms with Crippen LogP contribution in [-0.2, 0) is 11.3 Å². The van der Waals surface area contributed by atoms with Gasteiger partial charge in [-0.25, -0.2) is 4.68 Å². The van der Waals surface area contributed by atoms with E-state index in [9.17, 15) is 0 Å². The lowest BCUT2D eigenvalue weighted by Gasteiger charge is -2.22. The van der Waals surface area contributed by atoms with Crippen LogP contribution in [0.4, 0.5) is 5.69 Å². The molecule has 2 aromatic rings. The molecule has 2 N–H and O–H groups in total. The predicted molar refractivity (Wildman–Crippen MR) is 71.3 cm³/mol. The molecule has 100 valence electrons. The number of nitrogens with zero attached hydrogens (tertiary/aromatic N) is 4. The molecule has 0 amide bonds. The number of tetrazole rings is 1. The first-order chi connectivity index (χ1) is 9.34. The smallest absolute Gasteiger partial charge is 0.184 e. The van der Waals surface area contributed by atoms with Gasteiger partial charge < -0.3 is 10.5 Å². The number of anilines is 1. The summed E-state index contributed by atoms with van der Waals surface area (Å²) in [5, 5.41) is 11.9. The topological polar surface area (TPSA) is 78.9 Å². The Morgan fingerprint density at radius 1 is 1.32 bits per heavy atom. The SMILES string of the molecule is Nc1ccccc1-c1nnnn1CC1CCCCO1. The molecule has 2 heterocycles. The Labute approximate surface area is 111 Å². The number of hydrogen-bond acceptors (Lipinski definition) is 5. The van der Waals surface area contributed by atoms with Crippen molar-refractivity contribution in [3.63, 3.8) is 0 Å². The van der Waals surface area contributed by atoms with Crippen molar-refractivity contribution in [1.82, 2.24) is 20.2 Å². The fourth-order valence-electron chi connectivity index (χ4n) is 2.37. The van der Waals surface area contributed by atoms with E-state index in [1.54, 1.807) is 4.68 Å². The average Bonchev–Trinajstić information content (AvgIpc) is 2.88. The highest BCUT2D eigenvalue weighted by molar-refractivity contribution is 5.70. The molecule has 3 rings (SSSR count). The summed E-state index contributed by atoms with van der Waals surface area (Å²) in [5.41, 5.74) is 7.52. The van der Waals surface area contributed by atoms with Crippen LogP contribution in [0.25, 0.3) is 11.4 Å². The second-order valence-electron chi connectivity index (χ2n) is 4.76. The van der Waals surface area contributed by atoms with E-state index in [0.29, 0.717) is 18.1 Å². The van der Waals surface area contributed by atoms with E-state index < -0.39 is 0 Å². The maximum Gasteiger partial charge on any atom is 0.184 e. The van der Waals surface area contributed by atoms with Gasteiger partial charge in [0.25, 0.3) is 0 Å². The molecular weight excluding hydrogens is 242 g/mol. The van der Waals surface area contributed by atoms with Gasteiger partial charge in [0.2, 0.25) is 0 Å². The zero-order valence-electron chi connectivity index (χ0n) is 10.7. The van der Waals surface area contributed by atoms with Crippen LogP contribution in [0.3, 0.4) is 0 Å². The van der Waals surface area contributed by atoms with Gasteiger partial charge in [0, 0.05) is 17.9 Å². The van der Waals surface area contributed by atoms with Gasteiger partial charge in [-0.05, 0) is 41.8 Å². The summed E-state index contributed by atoms with van der Waals surface area (Å²) in [4.78, 5) is 0. The van der Waals surface area contributed by atoms with E-state index in [1.165, 1.54) is 6.42 Å². The number of para-hydroxylation sites is 1. The fraction of sp³-hybridized carbons (Fsp3) is 0.462. The Balaban J connectivity index is 1.84. The predicted octanol–water partition coefficient (Wildman–Crippen LogP) is 1.49. The van der Waals surface area contributed by atoms with Crippen molar-refractivity contribution in [2.75, 3.05) is 12.3 Å². The number of rotatable bonds is 3. The van der Waals surface area contributed by atoms with Crippen LogP contribution in [-0.4, -0.2) is 32.9 Å². The maximum absolute atomic E-state index is 5.97. The number of aromatic nitrogens is 4. The summed E-state index contributed by atoms with van der Waals surface area (Å²) in [5.74, 6) is 0.701. The Morgan fingerprint density at radius 3 is 3.00 bits per heavy atom. The molecule has 6 nitrogen and oxygen atoms in total. The lowest BCUT2D eigenvalue weighted by molar-refractivity contribution is 0.00398. The van der Waals surface area contributed by atoms with Crippen molar-refractivity contribution in [2.24, 2.45) is 0 Å². The van der Waals surface area contributed by atoms with Crippen LogP contribution < -0.4 is 5.73 Å². The summed E-state index contributed by atoms with van der Waals surface area (Å²) in [6.07, 6.45) is 3.60. The van der Waals surface area contributed by atoms with Crippen LogP contribution >= 0.6 is 0 Å². The van der Waals surface area contributed by atoms with E-state index in [0.717, 1.165) is 25.0 Å². The van der Waals surface area contributed by atoms with Gasteiger partial charge in [0.15, 0.2) is 5.82 Å². The highest BCUT2D eigenvalue weighted by Gasteiger charge is 2.18. The normalized spacial score (nSPS) is 19.5. The summed E-state index contributed by atoms with van der Waals surface area (Å²) < 4.78 is 7.50. The number of benzene rings is 1. The van der Waals surface area contributed by atoms with Crippen LogP contribution in [0.1, 0.15) is 19.3 Å². The van der Waals surface area contributed by atoms with Gasteiger partial charge >= 0.3 is 0 Å². The molecule has 1 unspecified atom stereocenters. The Morgan fingerprint density at radius 2 is 2.21 bits per heavy atom. The van der Waals surface area contributed by atoms with E-state index >= 15 is 0 Å². The summed E-state index contributed by atoms with van der Waals surface area (Å²) in [6, 6.07) is 7.61. The molecule has 1 aromatic heterocycles. The van der Waals surface area contributed by atoms with E-state index in [4.69, 9.17) is 10.5 Å². The molecule has 1 aromatic carbocycles. The molecule has 1 saturated heterocycles. The van der Waals surface area contributed by atoms with Crippen LogP contribution in [0, 0.1) is 0 Å². The Kier molecular flexibility index (Phi) is 3.41. The van der Waals surface area contributed by atoms with Gasteiger partial charge in [0.1, 0.15) is 0 Å². The molecule has 0 saturated carbocycles. The third-order valence-corrected chi connectivity index (χ3v) is 3.38. The number of hydrogen-bond donors (Lipinski definition) is 1. The van der Waals surface area contributed by atoms with Crippen molar-refractivity contribution in [3.05, 3.63) is 24.3 Å². The van der Waals surface area contributed by atoms with E-state index in [2.05, 4.69) is 15.5 Å². The second-order valence-corrected chi connectivity index (χ2v) is 4.76. The molecule has 19 heavy (non-hydrogen) atoms. The van der Waals surface area contributed by atoms with E-state index in [-0.39, 0.29) is 6.10 Å². The molecule has 0 spiro atoms. The molecule has 0 radical (unpaired) electrons. The quantitative estimate of drug-likeness (QED) is 0.845. The molecule has 0 bridgehead atoms. The van der Waals surface area contributed by atoms with Crippen molar-refractivity contribution >= 4 is 5.69 Å². The second kappa shape index (κ2) is 5.36. The molecule has 6 heteroatoms. The van der Waals surface area contributed by atoms with Gasteiger partial charge in [0.05, 0.1) is 12.6 Å². The highest BCUT2D eigenvalue weighted by Crippen LogP contribution is 2.23. The average molecular weight is 259 g/mol. The lowest BCUT2D eigenvalue weighted by Crippen LogP contribution is -2.25. The molecular formula is C13H17N5O. The first kappa shape index (κ1) is 12.1. The Bertz CT molecular complexity index is 547. The monoisotopic (exact) mass is 259 g/mol. The van der Waals surface area contributed by atoms with Crippen LogP contribution in [0.5, 0.6) is 0 Å². The maximum atomic E-state index is 5.97. The largest absolute Gasteiger partial charge is 0.398 e. The van der Waals surface area contributed by atoms with Crippen molar-refractivity contribution < 1.29 is 4.74 Å². The third-order valence-electron chi connectivity index (χ3n) is 3.38. The van der Waals surface area contributed by atoms with Crippen LogP contribution in [0.15, 0.2) is 24.3 Å². The van der Waals surface area contributed by atoms with Crippen molar-refractivity contribution in [3.8, 4) is 11.4 Å². The van der Waals surface area contributed by atoms with Gasteiger partial charge in [-0.3, -0.25) is 0 Å². The summed E-state index contributed by atoms with van der Waals surface area (Å²) in [7, 11) is 0. The summed E-state index contributed by atoms with van der Waals surface area (Å²) >= 11 is 0. The van der Waals surface area contributed by atoms with E-state index in [1.807, 2.05) is 24.3 Å². The minimum Gasteiger partial charge on any atom is -0.398 e. The number of nitrogen functional groups attached to an aromatic ring is 1. The Hall–Kier alpha value is -1.95. The number of ether oxygens (including phenoxy) is 1. The summed E-state index contributed by atoms with van der Waals surface area (Å²) in [6.45, 7) is 1.51. The lowest BCUT2D eigenvalue weighted by atomic mass is 10.1. The highest BCUT2D eigenvalue weighted by atomic mass is 16.5. The van der Waals surface area contributed by atoms with Gasteiger partial charge in [-0.2, -0.15) is 0 Å². The molecule has 1 fully saturated rings. The van der Waals surface area contributed by atoms with Gasteiger partial charge in [-0.1, -0.05) is 12.1 Å². The molecule has 1 atom stereocenters. The third kappa shape index (κ3) is 2.58. The zero-order valence-corrected chi connectivity index (χ0v) is 10.7. The minimum atomic E-state index is 0.195. The molecule has 0 aliphatic carbocycles.